The molecule has 5 heteroatoms. The summed E-state index contributed by atoms with van der Waals surface area (Å²) < 4.78 is 0. The Kier molecular flexibility index (Phi) is 6.09. The minimum atomic E-state index is -0.605. The fourth-order valence-electron chi connectivity index (χ4n) is 3.47. The lowest BCUT2D eigenvalue weighted by Gasteiger charge is -2.17. The molecule has 1 saturated heterocycles. The van der Waals surface area contributed by atoms with Crippen molar-refractivity contribution >= 4 is 23.2 Å². The zero-order valence-corrected chi connectivity index (χ0v) is 14.7. The van der Waals surface area contributed by atoms with Gasteiger partial charge in [-0.1, -0.05) is 11.6 Å². The molecule has 1 aromatic carbocycles. The third-order valence-corrected chi connectivity index (χ3v) is 4.92. The van der Waals surface area contributed by atoms with Gasteiger partial charge in [-0.15, -0.1) is 0 Å². The smallest absolute Gasteiger partial charge is 0.313 e. The SMILES string of the molecule is O=C(NCCC1=CCCCC1)C(=O)Nc1ccc(N2CCCC2)cc1. The monoisotopic (exact) mass is 341 g/mol. The lowest BCUT2D eigenvalue weighted by Crippen LogP contribution is -2.36. The Morgan fingerprint density at radius 3 is 2.40 bits per heavy atom. The number of carbonyl (C=O) groups is 2. The summed E-state index contributed by atoms with van der Waals surface area (Å²) in [4.78, 5) is 26.2. The van der Waals surface area contributed by atoms with Crippen LogP contribution in [0.5, 0.6) is 0 Å². The van der Waals surface area contributed by atoms with Crippen LogP contribution in [0.3, 0.4) is 0 Å². The number of nitrogens with zero attached hydrogens (tertiary/aromatic N) is 1. The van der Waals surface area contributed by atoms with Crippen molar-refractivity contribution in [3.8, 4) is 0 Å². The molecular formula is C20H27N3O2. The Bertz CT molecular complexity index is 631. The summed E-state index contributed by atoms with van der Waals surface area (Å²) in [5.74, 6) is -1.17. The van der Waals surface area contributed by atoms with Crippen LogP contribution >= 0.6 is 0 Å². The molecule has 134 valence electrons. The number of benzene rings is 1. The van der Waals surface area contributed by atoms with Gasteiger partial charge in [0, 0.05) is 31.0 Å². The number of hydrogen-bond acceptors (Lipinski definition) is 3. The fourth-order valence-corrected chi connectivity index (χ4v) is 3.47. The van der Waals surface area contributed by atoms with Gasteiger partial charge in [0.2, 0.25) is 0 Å². The highest BCUT2D eigenvalue weighted by Gasteiger charge is 2.15. The van der Waals surface area contributed by atoms with E-state index in [0.29, 0.717) is 12.2 Å². The molecule has 1 aliphatic heterocycles. The number of anilines is 2. The van der Waals surface area contributed by atoms with Crippen molar-refractivity contribution in [1.29, 1.82) is 0 Å². The van der Waals surface area contributed by atoms with E-state index in [2.05, 4.69) is 21.6 Å². The first kappa shape index (κ1) is 17.5. The summed E-state index contributed by atoms with van der Waals surface area (Å²) in [7, 11) is 0. The van der Waals surface area contributed by atoms with E-state index >= 15 is 0 Å². The average Bonchev–Trinajstić information content (AvgIpc) is 3.18. The lowest BCUT2D eigenvalue weighted by atomic mass is 9.97. The van der Waals surface area contributed by atoms with Crippen LogP contribution in [0.15, 0.2) is 35.9 Å². The molecule has 0 spiro atoms. The minimum Gasteiger partial charge on any atom is -0.372 e. The predicted octanol–water partition coefficient (Wildman–Crippen LogP) is 3.23. The standard InChI is InChI=1S/C20H27N3O2/c24-19(21-13-12-16-6-2-1-3-7-16)20(25)22-17-8-10-18(11-9-17)23-14-4-5-15-23/h6,8-11H,1-5,7,12-15H2,(H,21,24)(H,22,25). The second kappa shape index (κ2) is 8.70. The van der Waals surface area contributed by atoms with E-state index in [1.165, 1.54) is 36.9 Å². The van der Waals surface area contributed by atoms with Crippen molar-refractivity contribution in [3.05, 3.63) is 35.9 Å². The molecule has 0 atom stereocenters. The van der Waals surface area contributed by atoms with E-state index in [4.69, 9.17) is 0 Å². The molecular weight excluding hydrogens is 314 g/mol. The first-order chi connectivity index (χ1) is 12.2. The topological polar surface area (TPSA) is 61.4 Å². The van der Waals surface area contributed by atoms with E-state index in [0.717, 1.165) is 32.4 Å². The number of nitrogens with one attached hydrogen (secondary N) is 2. The Labute approximate surface area is 149 Å². The maximum Gasteiger partial charge on any atom is 0.313 e. The van der Waals surface area contributed by atoms with E-state index in [1.807, 2.05) is 24.3 Å². The number of rotatable bonds is 5. The van der Waals surface area contributed by atoms with Crippen molar-refractivity contribution in [3.63, 3.8) is 0 Å². The van der Waals surface area contributed by atoms with Crippen LogP contribution in [0.25, 0.3) is 0 Å². The van der Waals surface area contributed by atoms with Crippen LogP contribution in [-0.2, 0) is 9.59 Å². The second-order valence-electron chi connectivity index (χ2n) is 6.81. The average molecular weight is 341 g/mol. The first-order valence-electron chi connectivity index (χ1n) is 9.34. The van der Waals surface area contributed by atoms with E-state index in [9.17, 15) is 9.59 Å². The molecule has 2 N–H and O–H groups in total. The van der Waals surface area contributed by atoms with Crippen LogP contribution in [0, 0.1) is 0 Å². The summed E-state index contributed by atoms with van der Waals surface area (Å²) in [5, 5.41) is 5.37. The molecule has 0 radical (unpaired) electrons. The molecule has 25 heavy (non-hydrogen) atoms. The van der Waals surface area contributed by atoms with Crippen LogP contribution in [0.2, 0.25) is 0 Å². The molecule has 1 heterocycles. The molecule has 0 saturated carbocycles. The number of amides is 2. The van der Waals surface area contributed by atoms with Gasteiger partial charge in [0.15, 0.2) is 0 Å². The summed E-state index contributed by atoms with van der Waals surface area (Å²) in [6.07, 6.45) is 10.3. The van der Waals surface area contributed by atoms with Gasteiger partial charge in [-0.25, -0.2) is 0 Å². The van der Waals surface area contributed by atoms with Gasteiger partial charge in [0.1, 0.15) is 0 Å². The molecule has 3 rings (SSSR count). The quantitative estimate of drug-likeness (QED) is 0.638. The summed E-state index contributed by atoms with van der Waals surface area (Å²) in [6.45, 7) is 2.70. The summed E-state index contributed by atoms with van der Waals surface area (Å²) in [5.41, 5.74) is 3.21. The molecule has 1 aliphatic carbocycles. The largest absolute Gasteiger partial charge is 0.372 e. The van der Waals surface area contributed by atoms with Crippen molar-refractivity contribution < 1.29 is 9.59 Å². The predicted molar refractivity (Wildman–Crippen MR) is 101 cm³/mol. The number of allylic oxidation sites excluding steroid dienone is 1. The van der Waals surface area contributed by atoms with Crippen LogP contribution in [0.1, 0.15) is 44.9 Å². The maximum absolute atomic E-state index is 12.0. The van der Waals surface area contributed by atoms with Crippen LogP contribution < -0.4 is 15.5 Å². The molecule has 1 fully saturated rings. The van der Waals surface area contributed by atoms with Gasteiger partial charge in [0.25, 0.3) is 0 Å². The maximum atomic E-state index is 12.0. The molecule has 0 bridgehead atoms. The molecule has 0 aromatic heterocycles. The Morgan fingerprint density at radius 2 is 1.72 bits per heavy atom. The highest BCUT2D eigenvalue weighted by molar-refractivity contribution is 6.39. The van der Waals surface area contributed by atoms with Gasteiger partial charge >= 0.3 is 11.8 Å². The number of carbonyl (C=O) groups excluding carboxylic acids is 2. The van der Waals surface area contributed by atoms with Crippen molar-refractivity contribution in [2.45, 2.75) is 44.9 Å². The molecule has 2 aliphatic rings. The van der Waals surface area contributed by atoms with Crippen LogP contribution in [-0.4, -0.2) is 31.4 Å². The van der Waals surface area contributed by atoms with Gasteiger partial charge in [-0.2, -0.15) is 0 Å². The van der Waals surface area contributed by atoms with E-state index in [1.54, 1.807) is 0 Å². The van der Waals surface area contributed by atoms with Crippen molar-refractivity contribution in [2.24, 2.45) is 0 Å². The normalized spacial score (nSPS) is 17.1. The van der Waals surface area contributed by atoms with Gasteiger partial charge < -0.3 is 15.5 Å². The third-order valence-electron chi connectivity index (χ3n) is 4.92. The highest BCUT2D eigenvalue weighted by atomic mass is 16.2. The molecule has 2 amide bonds. The van der Waals surface area contributed by atoms with Gasteiger partial charge in [0.05, 0.1) is 0 Å². The third kappa shape index (κ3) is 5.08. The summed E-state index contributed by atoms with van der Waals surface area (Å²) in [6, 6.07) is 7.69. The molecule has 0 unspecified atom stereocenters. The van der Waals surface area contributed by atoms with Gasteiger partial charge in [-0.3, -0.25) is 9.59 Å². The first-order valence-corrected chi connectivity index (χ1v) is 9.34. The zero-order valence-electron chi connectivity index (χ0n) is 14.7. The summed E-state index contributed by atoms with van der Waals surface area (Å²) >= 11 is 0. The zero-order chi connectivity index (χ0) is 17.5. The lowest BCUT2D eigenvalue weighted by molar-refractivity contribution is -0.136. The van der Waals surface area contributed by atoms with Crippen LogP contribution in [0.4, 0.5) is 11.4 Å². The Hall–Kier alpha value is -2.30. The Morgan fingerprint density at radius 1 is 0.960 bits per heavy atom. The number of hydrogen-bond donors (Lipinski definition) is 2. The second-order valence-corrected chi connectivity index (χ2v) is 6.81. The van der Waals surface area contributed by atoms with Crippen molar-refractivity contribution in [2.75, 3.05) is 29.9 Å². The minimum absolute atomic E-state index is 0.520. The van der Waals surface area contributed by atoms with Gasteiger partial charge in [-0.05, 0) is 69.2 Å². The molecule has 5 nitrogen and oxygen atoms in total. The fraction of sp³-hybridized carbons (Fsp3) is 0.500. The highest BCUT2D eigenvalue weighted by Crippen LogP contribution is 2.22. The van der Waals surface area contributed by atoms with E-state index in [-0.39, 0.29) is 0 Å². The molecule has 1 aromatic rings. The van der Waals surface area contributed by atoms with E-state index < -0.39 is 11.8 Å². The Balaban J connectivity index is 1.42. The van der Waals surface area contributed by atoms with Crippen molar-refractivity contribution in [1.82, 2.24) is 5.32 Å².